The van der Waals surface area contributed by atoms with Crippen molar-refractivity contribution in [2.75, 3.05) is 19.6 Å². The zero-order valence-corrected chi connectivity index (χ0v) is 23.0. The van der Waals surface area contributed by atoms with Crippen molar-refractivity contribution >= 4 is 0 Å². The Hall–Kier alpha value is -2.59. The first-order chi connectivity index (χ1) is 16.0. The van der Waals surface area contributed by atoms with Crippen LogP contribution in [0.15, 0.2) is 36.4 Å². The average molecular weight is 462 g/mol. The summed E-state index contributed by atoms with van der Waals surface area (Å²) in [5, 5.41) is 0. The maximum absolute atomic E-state index is 2.64. The number of hydrogen-bond acceptors (Lipinski definition) is 1. The Morgan fingerprint density at radius 2 is 0.618 bits per heavy atom. The van der Waals surface area contributed by atoms with Crippen LogP contribution in [-0.2, 0) is 19.6 Å². The van der Waals surface area contributed by atoms with E-state index in [1.54, 1.807) is 0 Å². The van der Waals surface area contributed by atoms with Crippen molar-refractivity contribution in [2.45, 2.75) is 81.9 Å². The second-order valence-electron chi connectivity index (χ2n) is 10.2. The molecular formula is C30H45N4+3. The van der Waals surface area contributed by atoms with Gasteiger partial charge in [-0.3, -0.25) is 4.90 Å². The molecule has 0 unspecified atom stereocenters. The van der Waals surface area contributed by atoms with Crippen LogP contribution in [0.2, 0.25) is 0 Å². The average Bonchev–Trinajstić information content (AvgIpc) is 2.70. The van der Waals surface area contributed by atoms with Crippen LogP contribution in [0, 0.1) is 62.3 Å². The summed E-state index contributed by atoms with van der Waals surface area (Å²) < 4.78 is 7.39. The van der Waals surface area contributed by atoms with Gasteiger partial charge >= 0.3 is 0 Å². The highest BCUT2D eigenvalue weighted by Gasteiger charge is 2.20. The van der Waals surface area contributed by atoms with Gasteiger partial charge in [0.1, 0.15) is 0 Å². The van der Waals surface area contributed by atoms with Crippen LogP contribution in [0.3, 0.4) is 0 Å². The smallest absolute Gasteiger partial charge is 0.178 e. The minimum atomic E-state index is 1.02. The monoisotopic (exact) mass is 461 g/mol. The topological polar surface area (TPSA) is 14.9 Å². The summed E-state index contributed by atoms with van der Waals surface area (Å²) in [5.74, 6) is 0. The summed E-state index contributed by atoms with van der Waals surface area (Å²) in [7, 11) is 0. The molecule has 0 aliphatic carbocycles. The molecule has 4 nitrogen and oxygen atoms in total. The fourth-order valence-corrected chi connectivity index (χ4v) is 5.52. The van der Waals surface area contributed by atoms with Crippen molar-refractivity contribution in [1.82, 2.24) is 4.90 Å². The molecular weight excluding hydrogens is 416 g/mol. The van der Waals surface area contributed by atoms with E-state index >= 15 is 0 Å². The van der Waals surface area contributed by atoms with E-state index in [9.17, 15) is 0 Å². The zero-order chi connectivity index (χ0) is 25.0. The number of rotatable bonds is 9. The lowest BCUT2D eigenvalue weighted by Crippen LogP contribution is -2.51. The summed E-state index contributed by atoms with van der Waals surface area (Å²) in [4.78, 5) is 2.64. The molecule has 0 aliphatic rings. The number of aromatic nitrogens is 3. The molecule has 3 aromatic heterocycles. The van der Waals surface area contributed by atoms with Gasteiger partial charge in [0.05, 0.1) is 19.6 Å². The van der Waals surface area contributed by atoms with Crippen LogP contribution in [0.25, 0.3) is 0 Å². The predicted molar refractivity (Wildman–Crippen MR) is 139 cm³/mol. The van der Waals surface area contributed by atoms with Gasteiger partial charge < -0.3 is 0 Å². The van der Waals surface area contributed by atoms with E-state index in [4.69, 9.17) is 0 Å². The van der Waals surface area contributed by atoms with E-state index < -0.39 is 0 Å². The molecule has 34 heavy (non-hydrogen) atoms. The molecule has 0 saturated carbocycles. The van der Waals surface area contributed by atoms with Crippen LogP contribution in [0.4, 0.5) is 0 Å². The molecule has 0 bridgehead atoms. The molecule has 3 aromatic rings. The third-order valence-electron chi connectivity index (χ3n) is 7.09. The fraction of sp³-hybridized carbons (Fsp3) is 0.500. The fourth-order valence-electron chi connectivity index (χ4n) is 5.52. The predicted octanol–water partition coefficient (Wildman–Crippen LogP) is 4.03. The van der Waals surface area contributed by atoms with Crippen molar-refractivity contribution in [3.05, 3.63) is 87.3 Å². The van der Waals surface area contributed by atoms with E-state index in [2.05, 4.69) is 117 Å². The molecule has 0 N–H and O–H groups in total. The van der Waals surface area contributed by atoms with E-state index in [1.165, 1.54) is 50.9 Å². The van der Waals surface area contributed by atoms with Crippen LogP contribution in [0.1, 0.15) is 50.9 Å². The quantitative estimate of drug-likeness (QED) is 0.439. The Labute approximate surface area is 207 Å². The van der Waals surface area contributed by atoms with Gasteiger partial charge in [0.2, 0.25) is 0 Å². The molecule has 0 amide bonds. The van der Waals surface area contributed by atoms with Gasteiger partial charge in [0.25, 0.3) is 0 Å². The van der Waals surface area contributed by atoms with Crippen molar-refractivity contribution in [2.24, 2.45) is 0 Å². The van der Waals surface area contributed by atoms with Gasteiger partial charge in [-0.2, -0.15) is 13.7 Å². The Balaban J connectivity index is 1.78. The molecule has 0 spiro atoms. The van der Waals surface area contributed by atoms with E-state index in [1.807, 2.05) is 0 Å². The Morgan fingerprint density at radius 3 is 0.824 bits per heavy atom. The van der Waals surface area contributed by atoms with Gasteiger partial charge in [-0.05, 0) is 37.5 Å². The number of aryl methyl sites for hydroxylation is 9. The molecule has 3 heterocycles. The highest BCUT2D eigenvalue weighted by atomic mass is 15.2. The highest BCUT2D eigenvalue weighted by molar-refractivity contribution is 5.15. The van der Waals surface area contributed by atoms with E-state index in [0.717, 1.165) is 39.3 Å². The van der Waals surface area contributed by atoms with Crippen molar-refractivity contribution in [1.29, 1.82) is 0 Å². The normalized spacial score (nSPS) is 11.5. The Morgan fingerprint density at radius 1 is 0.412 bits per heavy atom. The summed E-state index contributed by atoms with van der Waals surface area (Å²) >= 11 is 0. The summed E-state index contributed by atoms with van der Waals surface area (Å²) in [6.45, 7) is 26.1. The lowest BCUT2D eigenvalue weighted by atomic mass is 10.2. The van der Waals surface area contributed by atoms with E-state index in [-0.39, 0.29) is 0 Å². The first-order valence-electron chi connectivity index (χ1n) is 12.7. The van der Waals surface area contributed by atoms with Gasteiger partial charge in [-0.15, -0.1) is 0 Å². The number of hydrogen-bond donors (Lipinski definition) is 0. The van der Waals surface area contributed by atoms with Crippen LogP contribution >= 0.6 is 0 Å². The van der Waals surface area contributed by atoms with Crippen molar-refractivity contribution in [3.8, 4) is 0 Å². The van der Waals surface area contributed by atoms with Crippen LogP contribution < -0.4 is 13.7 Å². The lowest BCUT2D eigenvalue weighted by Gasteiger charge is -2.20. The summed E-state index contributed by atoms with van der Waals surface area (Å²) in [5.41, 5.74) is 12.1. The minimum absolute atomic E-state index is 1.02. The molecule has 0 radical (unpaired) electrons. The molecule has 182 valence electrons. The molecule has 0 aromatic carbocycles. The van der Waals surface area contributed by atoms with E-state index in [0.29, 0.717) is 0 Å². The SMILES string of the molecule is Cc1cc(C)[n+](CCN(CC[n+]2c(C)cc(C)cc2C)CC[n+]2c(C)cc(C)cc2C)c(C)c1. The maximum atomic E-state index is 2.64. The molecule has 0 fully saturated rings. The first-order valence-corrected chi connectivity index (χ1v) is 12.7. The van der Waals surface area contributed by atoms with Gasteiger partial charge in [0.15, 0.2) is 53.8 Å². The van der Waals surface area contributed by atoms with Gasteiger partial charge in [-0.25, -0.2) is 0 Å². The van der Waals surface area contributed by atoms with Crippen LogP contribution in [0.5, 0.6) is 0 Å². The molecule has 0 atom stereocenters. The Kier molecular flexibility index (Phi) is 8.59. The van der Waals surface area contributed by atoms with Crippen molar-refractivity contribution < 1.29 is 13.7 Å². The highest BCUT2D eigenvalue weighted by Crippen LogP contribution is 2.05. The molecule has 0 aliphatic heterocycles. The lowest BCUT2D eigenvalue weighted by molar-refractivity contribution is -0.717. The minimum Gasteiger partial charge on any atom is -0.285 e. The van der Waals surface area contributed by atoms with Crippen LogP contribution in [-0.4, -0.2) is 24.5 Å². The largest absolute Gasteiger partial charge is 0.285 e. The zero-order valence-electron chi connectivity index (χ0n) is 23.0. The number of pyridine rings is 3. The second kappa shape index (κ2) is 11.2. The second-order valence-corrected chi connectivity index (χ2v) is 10.2. The molecule has 3 rings (SSSR count). The standard InChI is InChI=1S/C30H45N4/c1-22-16-25(4)32(26(5)17-22)13-10-31(11-14-33-27(6)18-23(2)19-28(33)7)12-15-34-29(8)20-24(3)21-30(34)9/h16-21H,10-15H2,1-9H3/q+3. The summed E-state index contributed by atoms with van der Waals surface area (Å²) in [6.07, 6.45) is 0. The maximum Gasteiger partial charge on any atom is 0.178 e. The van der Waals surface area contributed by atoms with Gasteiger partial charge in [0, 0.05) is 77.9 Å². The van der Waals surface area contributed by atoms with Crippen molar-refractivity contribution in [3.63, 3.8) is 0 Å². The van der Waals surface area contributed by atoms with Gasteiger partial charge in [-0.1, -0.05) is 0 Å². The summed E-state index contributed by atoms with van der Waals surface area (Å²) in [6, 6.07) is 13.8. The number of nitrogens with zero attached hydrogens (tertiary/aromatic N) is 4. The first kappa shape index (κ1) is 26.0. The third kappa shape index (κ3) is 6.50. The third-order valence-corrected chi connectivity index (χ3v) is 7.09. The molecule has 4 heteroatoms. The molecule has 0 saturated heterocycles. The Bertz CT molecular complexity index is 947.